The highest BCUT2D eigenvalue weighted by molar-refractivity contribution is 9.10. The predicted octanol–water partition coefficient (Wildman–Crippen LogP) is 2.85. The average Bonchev–Trinajstić information content (AvgIpc) is 2.84. The van der Waals surface area contributed by atoms with Crippen LogP contribution in [-0.2, 0) is 14.9 Å². The summed E-state index contributed by atoms with van der Waals surface area (Å²) in [6.07, 6.45) is 3.31. The van der Waals surface area contributed by atoms with Gasteiger partial charge in [0.15, 0.2) is 0 Å². The van der Waals surface area contributed by atoms with Crippen molar-refractivity contribution in [1.29, 1.82) is 0 Å². The Morgan fingerprint density at radius 1 is 1.31 bits per heavy atom. The van der Waals surface area contributed by atoms with E-state index in [0.29, 0.717) is 16.0 Å². The lowest BCUT2D eigenvalue weighted by atomic mass is 9.61. The van der Waals surface area contributed by atoms with Crippen molar-refractivity contribution >= 4 is 38.4 Å². The Morgan fingerprint density at radius 2 is 2.04 bits per heavy atom. The summed E-state index contributed by atoms with van der Waals surface area (Å²) < 4.78 is 19.8. The van der Waals surface area contributed by atoms with Gasteiger partial charge in [0, 0.05) is 43.2 Å². The largest absolute Gasteiger partial charge is 0.379 e. The smallest absolute Gasteiger partial charge is 0.237 e. The molecule has 2 aliphatic heterocycles. The van der Waals surface area contributed by atoms with E-state index in [9.17, 15) is 9.18 Å². The standard InChI is InChI=1S/C19H19BrFN3O2/c1-23-16-10-22-15-7-14(21)13(20)6-12(15)17(16)19(18(23)25)8-11(9-19)24-2-4-26-5-3-24/h6-7,10-11H,2-5,8-9H2,1H3. The number of benzene rings is 1. The first kappa shape index (κ1) is 16.6. The Labute approximate surface area is 159 Å². The van der Waals surface area contributed by atoms with Crippen molar-refractivity contribution in [3.05, 3.63) is 34.2 Å². The predicted molar refractivity (Wildman–Crippen MR) is 99.9 cm³/mol. The fourth-order valence-electron chi connectivity index (χ4n) is 4.80. The molecule has 1 aliphatic carbocycles. The van der Waals surface area contributed by atoms with Crippen molar-refractivity contribution in [2.24, 2.45) is 0 Å². The number of amides is 1. The number of pyridine rings is 1. The summed E-state index contributed by atoms with van der Waals surface area (Å²) in [6, 6.07) is 3.61. The van der Waals surface area contributed by atoms with E-state index in [0.717, 1.165) is 55.8 Å². The quantitative estimate of drug-likeness (QED) is 0.712. The Bertz CT molecular complexity index is 923. The van der Waals surface area contributed by atoms with Gasteiger partial charge in [0.1, 0.15) is 5.82 Å². The number of hydrogen-bond donors (Lipinski definition) is 0. The zero-order chi connectivity index (χ0) is 18.1. The van der Waals surface area contributed by atoms with Crippen LogP contribution in [0.25, 0.3) is 10.9 Å². The topological polar surface area (TPSA) is 45.7 Å². The van der Waals surface area contributed by atoms with Gasteiger partial charge in [0.2, 0.25) is 5.91 Å². The number of halogens is 2. The molecule has 0 N–H and O–H groups in total. The summed E-state index contributed by atoms with van der Waals surface area (Å²) in [5.41, 5.74) is 1.95. The molecule has 3 aliphatic rings. The molecule has 26 heavy (non-hydrogen) atoms. The highest BCUT2D eigenvalue weighted by Crippen LogP contribution is 2.56. The van der Waals surface area contributed by atoms with Gasteiger partial charge in [-0.3, -0.25) is 14.7 Å². The molecule has 1 spiro atoms. The normalized spacial score (nSPS) is 28.7. The number of nitrogens with zero attached hydrogens (tertiary/aromatic N) is 3. The van der Waals surface area contributed by atoms with E-state index < -0.39 is 5.41 Å². The summed E-state index contributed by atoms with van der Waals surface area (Å²) in [4.78, 5) is 21.7. The van der Waals surface area contributed by atoms with Crippen molar-refractivity contribution in [1.82, 2.24) is 9.88 Å². The van der Waals surface area contributed by atoms with Gasteiger partial charge in [-0.1, -0.05) is 0 Å². The lowest BCUT2D eigenvalue weighted by molar-refractivity contribution is -0.129. The Morgan fingerprint density at radius 3 is 2.77 bits per heavy atom. The molecule has 0 radical (unpaired) electrons. The Balaban J connectivity index is 1.60. The monoisotopic (exact) mass is 419 g/mol. The number of morpholine rings is 1. The van der Waals surface area contributed by atoms with Crippen molar-refractivity contribution in [2.75, 3.05) is 38.3 Å². The summed E-state index contributed by atoms with van der Waals surface area (Å²) in [5.74, 6) is -0.205. The highest BCUT2D eigenvalue weighted by atomic mass is 79.9. The molecule has 2 aromatic rings. The van der Waals surface area contributed by atoms with E-state index in [4.69, 9.17) is 4.74 Å². The number of rotatable bonds is 1. The first-order valence-corrected chi connectivity index (χ1v) is 9.69. The molecule has 5 nitrogen and oxygen atoms in total. The minimum absolute atomic E-state index is 0.131. The molecular formula is C19H19BrFN3O2. The molecule has 1 saturated carbocycles. The number of carbonyl (C=O) groups is 1. The second-order valence-corrected chi connectivity index (χ2v) is 8.31. The summed E-state index contributed by atoms with van der Waals surface area (Å²) in [6.45, 7) is 3.36. The molecule has 7 heteroatoms. The number of likely N-dealkylation sites (N-methyl/N-ethyl adjacent to an activating group) is 1. The number of ether oxygens (including phenoxy) is 1. The molecule has 136 valence electrons. The number of aromatic nitrogens is 1. The molecule has 1 saturated heterocycles. The second kappa shape index (κ2) is 5.71. The van der Waals surface area contributed by atoms with Crippen molar-refractivity contribution < 1.29 is 13.9 Å². The van der Waals surface area contributed by atoms with Crippen LogP contribution in [0.15, 0.2) is 22.8 Å². The van der Waals surface area contributed by atoms with Crippen LogP contribution < -0.4 is 4.90 Å². The van der Waals surface area contributed by atoms with Crippen molar-refractivity contribution in [3.63, 3.8) is 0 Å². The van der Waals surface area contributed by atoms with Gasteiger partial charge in [-0.15, -0.1) is 0 Å². The molecule has 0 atom stereocenters. The second-order valence-electron chi connectivity index (χ2n) is 7.46. The molecular weight excluding hydrogens is 401 g/mol. The van der Waals surface area contributed by atoms with Gasteiger partial charge >= 0.3 is 0 Å². The number of carbonyl (C=O) groups excluding carboxylic acids is 1. The molecule has 1 amide bonds. The Kier molecular flexibility index (Phi) is 3.64. The van der Waals surface area contributed by atoms with Crippen LogP contribution in [0.1, 0.15) is 18.4 Å². The molecule has 1 aromatic carbocycles. The van der Waals surface area contributed by atoms with Crippen LogP contribution >= 0.6 is 15.9 Å². The maximum atomic E-state index is 14.0. The van der Waals surface area contributed by atoms with Crippen LogP contribution in [0, 0.1) is 5.82 Å². The first-order chi connectivity index (χ1) is 12.5. The molecule has 0 unspecified atom stereocenters. The van der Waals surface area contributed by atoms with E-state index in [1.54, 1.807) is 17.2 Å². The van der Waals surface area contributed by atoms with Crippen LogP contribution in [0.4, 0.5) is 10.1 Å². The number of anilines is 1. The van der Waals surface area contributed by atoms with Crippen LogP contribution in [0.5, 0.6) is 0 Å². The number of hydrogen-bond acceptors (Lipinski definition) is 4. The van der Waals surface area contributed by atoms with Gasteiger partial charge in [-0.05, 0) is 34.8 Å². The van der Waals surface area contributed by atoms with E-state index >= 15 is 0 Å². The summed E-state index contributed by atoms with van der Waals surface area (Å²) in [7, 11) is 1.81. The summed E-state index contributed by atoms with van der Waals surface area (Å²) >= 11 is 3.28. The zero-order valence-electron chi connectivity index (χ0n) is 14.5. The van der Waals surface area contributed by atoms with Crippen LogP contribution in [0.3, 0.4) is 0 Å². The third-order valence-electron chi connectivity index (χ3n) is 6.17. The van der Waals surface area contributed by atoms with Gasteiger partial charge in [0.25, 0.3) is 0 Å². The minimum atomic E-state index is -0.508. The van der Waals surface area contributed by atoms with Gasteiger partial charge in [-0.2, -0.15) is 0 Å². The minimum Gasteiger partial charge on any atom is -0.379 e. The van der Waals surface area contributed by atoms with E-state index in [2.05, 4.69) is 25.8 Å². The molecule has 3 heterocycles. The fourth-order valence-corrected chi connectivity index (χ4v) is 5.14. The molecule has 0 bridgehead atoms. The zero-order valence-corrected chi connectivity index (χ0v) is 16.1. The lowest BCUT2D eigenvalue weighted by Crippen LogP contribution is -2.59. The third-order valence-corrected chi connectivity index (χ3v) is 6.78. The molecule has 1 aromatic heterocycles. The summed E-state index contributed by atoms with van der Waals surface area (Å²) in [5, 5.41) is 0.869. The number of fused-ring (bicyclic) bond motifs is 4. The fraction of sp³-hybridized carbons (Fsp3) is 0.474. The van der Waals surface area contributed by atoms with Crippen LogP contribution in [-0.4, -0.2) is 55.2 Å². The van der Waals surface area contributed by atoms with Crippen molar-refractivity contribution in [3.8, 4) is 0 Å². The van der Waals surface area contributed by atoms with Gasteiger partial charge < -0.3 is 9.64 Å². The molecule has 5 rings (SSSR count). The maximum absolute atomic E-state index is 14.0. The van der Waals surface area contributed by atoms with Gasteiger partial charge in [0.05, 0.1) is 40.5 Å². The average molecular weight is 420 g/mol. The van der Waals surface area contributed by atoms with Crippen molar-refractivity contribution in [2.45, 2.75) is 24.3 Å². The molecule has 2 fully saturated rings. The first-order valence-electron chi connectivity index (χ1n) is 8.89. The lowest BCUT2D eigenvalue weighted by Gasteiger charge is -2.50. The van der Waals surface area contributed by atoms with E-state index in [1.807, 2.05) is 7.05 Å². The third kappa shape index (κ3) is 2.14. The maximum Gasteiger partial charge on any atom is 0.237 e. The van der Waals surface area contributed by atoms with Crippen LogP contribution in [0.2, 0.25) is 0 Å². The van der Waals surface area contributed by atoms with Gasteiger partial charge in [-0.25, -0.2) is 4.39 Å². The Hall–Kier alpha value is -1.57. The highest BCUT2D eigenvalue weighted by Gasteiger charge is 2.59. The SMILES string of the molecule is CN1C(=O)C2(CC(N3CCOCC3)C2)c2c1cnc1cc(F)c(Br)cc21. The van der Waals surface area contributed by atoms with E-state index in [-0.39, 0.29) is 11.7 Å². The van der Waals surface area contributed by atoms with E-state index in [1.165, 1.54) is 6.07 Å².